The number of anilines is 2. The molecule has 3 aromatic rings. The molecule has 1 N–H and O–H groups in total. The van der Waals surface area contributed by atoms with Crippen LogP contribution in [0.25, 0.3) is 10.8 Å². The highest BCUT2D eigenvalue weighted by Gasteiger charge is 2.00. The summed E-state index contributed by atoms with van der Waals surface area (Å²) in [6.07, 6.45) is 1.82. The number of benzene rings is 2. The second kappa shape index (κ2) is 5.02. The summed E-state index contributed by atoms with van der Waals surface area (Å²) in [6.45, 7) is 2.05. The van der Waals surface area contributed by atoms with Gasteiger partial charge in [0.2, 0.25) is 0 Å². The van der Waals surface area contributed by atoms with E-state index in [-0.39, 0.29) is 0 Å². The lowest BCUT2D eigenvalue weighted by Crippen LogP contribution is -1.94. The average molecular weight is 313 g/mol. The lowest BCUT2D eigenvalue weighted by atomic mass is 10.1. The van der Waals surface area contributed by atoms with Crippen LogP contribution in [0.15, 0.2) is 59.2 Å². The number of pyridine rings is 1. The van der Waals surface area contributed by atoms with Crippen LogP contribution in [0.2, 0.25) is 0 Å². The minimum absolute atomic E-state index is 0.857. The van der Waals surface area contributed by atoms with Crippen LogP contribution in [0.4, 0.5) is 11.5 Å². The molecule has 0 spiro atoms. The topological polar surface area (TPSA) is 24.9 Å². The molecule has 19 heavy (non-hydrogen) atoms. The number of aromatic nitrogens is 1. The molecule has 0 aliphatic heterocycles. The van der Waals surface area contributed by atoms with E-state index in [1.54, 1.807) is 0 Å². The van der Waals surface area contributed by atoms with Gasteiger partial charge in [-0.1, -0.05) is 30.3 Å². The molecule has 0 fully saturated rings. The lowest BCUT2D eigenvalue weighted by molar-refractivity contribution is 1.25. The first-order valence-electron chi connectivity index (χ1n) is 6.10. The van der Waals surface area contributed by atoms with Crippen molar-refractivity contribution in [2.45, 2.75) is 6.92 Å². The van der Waals surface area contributed by atoms with E-state index in [0.717, 1.165) is 16.0 Å². The maximum Gasteiger partial charge on any atom is 0.130 e. The smallest absolute Gasteiger partial charge is 0.130 e. The summed E-state index contributed by atoms with van der Waals surface area (Å²) in [5.41, 5.74) is 2.21. The Kier molecular flexibility index (Phi) is 3.22. The highest BCUT2D eigenvalue weighted by Crippen LogP contribution is 2.23. The zero-order chi connectivity index (χ0) is 13.2. The van der Waals surface area contributed by atoms with Crippen molar-refractivity contribution in [2.24, 2.45) is 0 Å². The molecule has 0 saturated carbocycles. The summed E-state index contributed by atoms with van der Waals surface area (Å²) in [6, 6.07) is 16.7. The molecule has 0 aliphatic carbocycles. The van der Waals surface area contributed by atoms with Crippen molar-refractivity contribution in [3.8, 4) is 0 Å². The monoisotopic (exact) mass is 312 g/mol. The third-order valence-corrected chi connectivity index (χ3v) is 3.90. The summed E-state index contributed by atoms with van der Waals surface area (Å²) >= 11 is 3.46. The second-order valence-corrected chi connectivity index (χ2v) is 5.36. The van der Waals surface area contributed by atoms with E-state index >= 15 is 0 Å². The van der Waals surface area contributed by atoms with Crippen LogP contribution in [0.3, 0.4) is 0 Å². The normalized spacial score (nSPS) is 10.6. The van der Waals surface area contributed by atoms with Crippen LogP contribution < -0.4 is 5.32 Å². The number of nitrogens with one attached hydrogen (secondary N) is 1. The summed E-state index contributed by atoms with van der Waals surface area (Å²) in [7, 11) is 0. The SMILES string of the molecule is Cc1cc(Nc2ccc3ccccc3c2)ncc1Br. The fraction of sp³-hybridized carbons (Fsp3) is 0.0625. The van der Waals surface area contributed by atoms with Gasteiger partial charge < -0.3 is 5.32 Å². The van der Waals surface area contributed by atoms with Gasteiger partial charge in [-0.15, -0.1) is 0 Å². The minimum Gasteiger partial charge on any atom is -0.340 e. The van der Waals surface area contributed by atoms with E-state index in [1.807, 2.05) is 18.3 Å². The Bertz CT molecular complexity index is 738. The fourth-order valence-corrected chi connectivity index (χ4v) is 2.24. The molecule has 0 bridgehead atoms. The minimum atomic E-state index is 0.857. The summed E-state index contributed by atoms with van der Waals surface area (Å²) in [4.78, 5) is 4.36. The molecule has 94 valence electrons. The van der Waals surface area contributed by atoms with Crippen molar-refractivity contribution >= 4 is 38.2 Å². The van der Waals surface area contributed by atoms with Gasteiger partial charge in [-0.2, -0.15) is 0 Å². The molecule has 0 radical (unpaired) electrons. The number of hydrogen-bond acceptors (Lipinski definition) is 2. The molecule has 3 rings (SSSR count). The van der Waals surface area contributed by atoms with Crippen LogP contribution in [0.1, 0.15) is 5.56 Å². The largest absolute Gasteiger partial charge is 0.340 e. The highest BCUT2D eigenvalue weighted by atomic mass is 79.9. The van der Waals surface area contributed by atoms with E-state index in [2.05, 4.69) is 69.6 Å². The Labute approximate surface area is 120 Å². The first-order chi connectivity index (χ1) is 9.22. The predicted octanol–water partition coefficient (Wildman–Crippen LogP) is 5.05. The number of nitrogens with zero attached hydrogens (tertiary/aromatic N) is 1. The zero-order valence-corrected chi connectivity index (χ0v) is 12.1. The third-order valence-electron chi connectivity index (χ3n) is 3.07. The van der Waals surface area contributed by atoms with Gasteiger partial charge in [-0.05, 0) is 57.4 Å². The van der Waals surface area contributed by atoms with Gasteiger partial charge in [0, 0.05) is 16.4 Å². The lowest BCUT2D eigenvalue weighted by Gasteiger charge is -2.08. The number of rotatable bonds is 2. The molecular formula is C16H13BrN2. The van der Waals surface area contributed by atoms with Gasteiger partial charge >= 0.3 is 0 Å². The Morgan fingerprint density at radius 1 is 1.00 bits per heavy atom. The first kappa shape index (κ1) is 12.2. The third kappa shape index (κ3) is 2.61. The van der Waals surface area contributed by atoms with Crippen LogP contribution in [0, 0.1) is 6.92 Å². The Hall–Kier alpha value is -1.87. The predicted molar refractivity (Wildman–Crippen MR) is 83.9 cm³/mol. The van der Waals surface area contributed by atoms with Gasteiger partial charge in [0.05, 0.1) is 0 Å². The number of aryl methyl sites for hydroxylation is 1. The molecule has 3 heteroatoms. The van der Waals surface area contributed by atoms with Crippen LogP contribution in [-0.2, 0) is 0 Å². The standard InChI is InChI=1S/C16H13BrN2/c1-11-8-16(18-10-15(11)17)19-14-7-6-12-4-2-3-5-13(12)9-14/h2-10H,1H3,(H,18,19). The summed E-state index contributed by atoms with van der Waals surface area (Å²) < 4.78 is 1.02. The van der Waals surface area contributed by atoms with E-state index < -0.39 is 0 Å². The molecular weight excluding hydrogens is 300 g/mol. The van der Waals surface area contributed by atoms with Gasteiger partial charge in [-0.3, -0.25) is 0 Å². The quantitative estimate of drug-likeness (QED) is 0.716. The molecule has 0 atom stereocenters. The van der Waals surface area contributed by atoms with Crippen molar-refractivity contribution in [1.82, 2.24) is 4.98 Å². The highest BCUT2D eigenvalue weighted by molar-refractivity contribution is 9.10. The van der Waals surface area contributed by atoms with Gasteiger partial charge in [0.15, 0.2) is 0 Å². The van der Waals surface area contributed by atoms with Gasteiger partial charge in [-0.25, -0.2) is 4.98 Å². The molecule has 0 amide bonds. The molecule has 0 unspecified atom stereocenters. The second-order valence-electron chi connectivity index (χ2n) is 4.51. The first-order valence-corrected chi connectivity index (χ1v) is 6.90. The van der Waals surface area contributed by atoms with Crippen LogP contribution in [0.5, 0.6) is 0 Å². The molecule has 1 heterocycles. The van der Waals surface area contributed by atoms with Gasteiger partial charge in [0.25, 0.3) is 0 Å². The van der Waals surface area contributed by atoms with Crippen molar-refractivity contribution in [2.75, 3.05) is 5.32 Å². The zero-order valence-electron chi connectivity index (χ0n) is 10.5. The fourth-order valence-electron chi connectivity index (χ4n) is 2.02. The molecule has 1 aromatic heterocycles. The van der Waals surface area contributed by atoms with E-state index in [1.165, 1.54) is 16.3 Å². The maximum atomic E-state index is 4.36. The molecule has 0 saturated heterocycles. The Morgan fingerprint density at radius 3 is 2.58 bits per heavy atom. The molecule has 0 aliphatic rings. The van der Waals surface area contributed by atoms with Crippen molar-refractivity contribution < 1.29 is 0 Å². The average Bonchev–Trinajstić information content (AvgIpc) is 2.43. The Morgan fingerprint density at radius 2 is 1.79 bits per heavy atom. The Balaban J connectivity index is 1.94. The number of fused-ring (bicyclic) bond motifs is 1. The van der Waals surface area contributed by atoms with E-state index in [4.69, 9.17) is 0 Å². The van der Waals surface area contributed by atoms with Crippen LogP contribution in [-0.4, -0.2) is 4.98 Å². The summed E-state index contributed by atoms with van der Waals surface area (Å²) in [5, 5.41) is 5.80. The number of halogens is 1. The molecule has 2 nitrogen and oxygen atoms in total. The van der Waals surface area contributed by atoms with Crippen molar-refractivity contribution in [3.63, 3.8) is 0 Å². The van der Waals surface area contributed by atoms with Crippen molar-refractivity contribution in [1.29, 1.82) is 0 Å². The van der Waals surface area contributed by atoms with Crippen molar-refractivity contribution in [3.05, 3.63) is 64.8 Å². The van der Waals surface area contributed by atoms with E-state index in [0.29, 0.717) is 0 Å². The van der Waals surface area contributed by atoms with Crippen LogP contribution >= 0.6 is 15.9 Å². The van der Waals surface area contributed by atoms with E-state index in [9.17, 15) is 0 Å². The maximum absolute atomic E-state index is 4.36. The van der Waals surface area contributed by atoms with Gasteiger partial charge in [0.1, 0.15) is 5.82 Å². The molecule has 2 aromatic carbocycles. The number of hydrogen-bond donors (Lipinski definition) is 1. The summed E-state index contributed by atoms with van der Waals surface area (Å²) in [5.74, 6) is 0.857.